The fourth-order valence-corrected chi connectivity index (χ4v) is 6.19. The number of aryl methyl sites for hydroxylation is 1. The lowest BCUT2D eigenvalue weighted by atomic mass is 9.73. The molecule has 0 amide bonds. The zero-order valence-corrected chi connectivity index (χ0v) is 23.3. The molecule has 0 nitrogen and oxygen atoms in total. The Labute approximate surface area is 220 Å². The molecule has 1 saturated carbocycles. The summed E-state index contributed by atoms with van der Waals surface area (Å²) in [7, 11) is 0. The van der Waals surface area contributed by atoms with Crippen molar-refractivity contribution in [3.8, 4) is 11.1 Å². The van der Waals surface area contributed by atoms with Gasteiger partial charge in [0.2, 0.25) is 0 Å². The largest absolute Gasteiger partial charge is 0.203 e. The van der Waals surface area contributed by atoms with Crippen LogP contribution >= 0.6 is 0 Å². The molecule has 1 fully saturated rings. The molecule has 0 aromatic heterocycles. The zero-order chi connectivity index (χ0) is 25.8. The lowest BCUT2D eigenvalue weighted by molar-refractivity contribution is 0.233. The van der Waals surface area contributed by atoms with E-state index in [1.54, 1.807) is 6.07 Å². The van der Waals surface area contributed by atoms with Crippen LogP contribution in [0.3, 0.4) is 0 Å². The van der Waals surface area contributed by atoms with E-state index in [0.29, 0.717) is 17.0 Å². The highest BCUT2D eigenvalue weighted by Gasteiger charge is 2.28. The van der Waals surface area contributed by atoms with Crippen molar-refractivity contribution in [3.63, 3.8) is 0 Å². The fourth-order valence-electron chi connectivity index (χ4n) is 6.19. The number of hydrogen-bond donors (Lipinski definition) is 0. The second kappa shape index (κ2) is 15.5. The first-order valence-corrected chi connectivity index (χ1v) is 15.1. The molecule has 0 spiro atoms. The SMILES string of the molecule is CCCCCCCc1ccc(-c2ccc(C(C)C3CCC(CCCCCCC)CC3)c(F)c2F)cc1. The van der Waals surface area contributed by atoms with Crippen molar-refractivity contribution in [2.75, 3.05) is 0 Å². The molecule has 0 bridgehead atoms. The van der Waals surface area contributed by atoms with Crippen molar-refractivity contribution in [1.29, 1.82) is 0 Å². The number of benzene rings is 2. The van der Waals surface area contributed by atoms with E-state index >= 15 is 8.78 Å². The maximum atomic E-state index is 15.3. The molecule has 1 aliphatic rings. The summed E-state index contributed by atoms with van der Waals surface area (Å²) in [6.45, 7) is 6.59. The summed E-state index contributed by atoms with van der Waals surface area (Å²) in [5.74, 6) is 0.0238. The zero-order valence-electron chi connectivity index (χ0n) is 23.3. The molecule has 0 saturated heterocycles. The van der Waals surface area contributed by atoms with Crippen molar-refractivity contribution >= 4 is 0 Å². The minimum Gasteiger partial charge on any atom is -0.203 e. The first kappa shape index (κ1) is 28.9. The Morgan fingerprint density at radius 1 is 0.694 bits per heavy atom. The van der Waals surface area contributed by atoms with E-state index in [9.17, 15) is 0 Å². The van der Waals surface area contributed by atoms with Gasteiger partial charge in [-0.05, 0) is 60.1 Å². The Morgan fingerprint density at radius 2 is 1.31 bits per heavy atom. The molecule has 36 heavy (non-hydrogen) atoms. The van der Waals surface area contributed by atoms with Crippen LogP contribution in [0.1, 0.15) is 134 Å². The predicted molar refractivity (Wildman–Crippen MR) is 151 cm³/mol. The molecule has 200 valence electrons. The molecule has 2 heteroatoms. The van der Waals surface area contributed by atoms with Gasteiger partial charge in [-0.1, -0.05) is 134 Å². The molecule has 0 N–H and O–H groups in total. The maximum absolute atomic E-state index is 15.3. The summed E-state index contributed by atoms with van der Waals surface area (Å²) in [5, 5.41) is 0. The Bertz CT molecular complexity index is 877. The van der Waals surface area contributed by atoms with Crippen LogP contribution in [0.25, 0.3) is 11.1 Å². The highest BCUT2D eigenvalue weighted by atomic mass is 19.2. The minimum atomic E-state index is -0.688. The normalized spacial score (nSPS) is 18.9. The predicted octanol–water partition coefficient (Wildman–Crippen LogP) is 11.4. The van der Waals surface area contributed by atoms with Gasteiger partial charge in [-0.25, -0.2) is 8.78 Å². The van der Waals surface area contributed by atoms with Gasteiger partial charge >= 0.3 is 0 Å². The second-order valence-corrected chi connectivity index (χ2v) is 11.5. The molecule has 1 unspecified atom stereocenters. The summed E-state index contributed by atoms with van der Waals surface area (Å²) >= 11 is 0. The van der Waals surface area contributed by atoms with Gasteiger partial charge in [0.1, 0.15) is 0 Å². The van der Waals surface area contributed by atoms with Crippen LogP contribution in [0, 0.1) is 23.5 Å². The van der Waals surface area contributed by atoms with Crippen LogP contribution in [0.4, 0.5) is 8.78 Å². The van der Waals surface area contributed by atoms with Crippen molar-refractivity contribution < 1.29 is 8.78 Å². The Balaban J connectivity index is 1.54. The summed E-state index contributed by atoms with van der Waals surface area (Å²) in [6.07, 6.45) is 20.2. The average Bonchev–Trinajstić information content (AvgIpc) is 2.90. The van der Waals surface area contributed by atoms with Crippen molar-refractivity contribution in [2.24, 2.45) is 11.8 Å². The number of rotatable bonds is 15. The minimum absolute atomic E-state index is 0.0640. The van der Waals surface area contributed by atoms with E-state index in [1.807, 2.05) is 18.2 Å². The van der Waals surface area contributed by atoms with Crippen LogP contribution in [-0.4, -0.2) is 0 Å². The van der Waals surface area contributed by atoms with Crippen LogP contribution in [0.15, 0.2) is 36.4 Å². The number of hydrogen-bond acceptors (Lipinski definition) is 0. The third-order valence-corrected chi connectivity index (χ3v) is 8.75. The summed E-state index contributed by atoms with van der Waals surface area (Å²) < 4.78 is 30.5. The van der Waals surface area contributed by atoms with Gasteiger partial charge < -0.3 is 0 Å². The Hall–Kier alpha value is -1.70. The molecular formula is C34H50F2. The Kier molecular flexibility index (Phi) is 12.5. The van der Waals surface area contributed by atoms with Gasteiger partial charge in [-0.2, -0.15) is 0 Å². The molecule has 2 aromatic rings. The molecule has 2 aromatic carbocycles. The molecule has 1 atom stereocenters. The smallest absolute Gasteiger partial charge is 0.166 e. The molecule has 0 heterocycles. The lowest BCUT2D eigenvalue weighted by Crippen LogP contribution is -2.20. The lowest BCUT2D eigenvalue weighted by Gasteiger charge is -2.33. The van der Waals surface area contributed by atoms with Gasteiger partial charge in [0.25, 0.3) is 0 Å². The number of halogens is 2. The van der Waals surface area contributed by atoms with E-state index in [-0.39, 0.29) is 5.92 Å². The van der Waals surface area contributed by atoms with Gasteiger partial charge in [-0.3, -0.25) is 0 Å². The van der Waals surface area contributed by atoms with Crippen LogP contribution in [0.5, 0.6) is 0 Å². The van der Waals surface area contributed by atoms with Crippen LogP contribution in [0.2, 0.25) is 0 Å². The maximum Gasteiger partial charge on any atom is 0.166 e. The molecule has 0 radical (unpaired) electrons. The third kappa shape index (κ3) is 8.42. The van der Waals surface area contributed by atoms with Crippen LogP contribution in [-0.2, 0) is 6.42 Å². The second-order valence-electron chi connectivity index (χ2n) is 11.5. The monoisotopic (exact) mass is 496 g/mol. The first-order chi connectivity index (χ1) is 17.5. The summed E-state index contributed by atoms with van der Waals surface area (Å²) in [4.78, 5) is 0. The summed E-state index contributed by atoms with van der Waals surface area (Å²) in [6, 6.07) is 11.7. The average molecular weight is 497 g/mol. The van der Waals surface area contributed by atoms with Gasteiger partial charge in [0.15, 0.2) is 11.6 Å². The van der Waals surface area contributed by atoms with Gasteiger partial charge in [0.05, 0.1) is 0 Å². The molecule has 0 aliphatic heterocycles. The molecule has 3 rings (SSSR count). The van der Waals surface area contributed by atoms with Gasteiger partial charge in [0, 0.05) is 5.56 Å². The standard InChI is InChI=1S/C34H50F2/c1-4-6-8-10-12-14-27-16-20-29(21-17-27)26(3)31-24-25-32(34(36)33(31)35)30-22-18-28(19-23-30)15-13-11-9-7-5-2/h18-19,22-27,29H,4-17,20-21H2,1-3H3. The van der Waals surface area contributed by atoms with Crippen LogP contribution < -0.4 is 0 Å². The topological polar surface area (TPSA) is 0 Å². The van der Waals surface area contributed by atoms with E-state index in [2.05, 4.69) is 32.9 Å². The molecular weight excluding hydrogens is 446 g/mol. The third-order valence-electron chi connectivity index (χ3n) is 8.75. The molecule has 1 aliphatic carbocycles. The van der Waals surface area contributed by atoms with Crippen molar-refractivity contribution in [2.45, 2.75) is 129 Å². The van der Waals surface area contributed by atoms with Crippen molar-refractivity contribution in [3.05, 3.63) is 59.2 Å². The van der Waals surface area contributed by atoms with E-state index in [0.717, 1.165) is 30.7 Å². The first-order valence-electron chi connectivity index (χ1n) is 15.1. The highest BCUT2D eigenvalue weighted by molar-refractivity contribution is 5.65. The Morgan fingerprint density at radius 3 is 1.94 bits per heavy atom. The van der Waals surface area contributed by atoms with Crippen molar-refractivity contribution in [1.82, 2.24) is 0 Å². The van der Waals surface area contributed by atoms with E-state index in [4.69, 9.17) is 0 Å². The van der Waals surface area contributed by atoms with E-state index < -0.39 is 11.6 Å². The van der Waals surface area contributed by atoms with E-state index in [1.165, 1.54) is 89.0 Å². The number of unbranched alkanes of at least 4 members (excludes halogenated alkanes) is 8. The summed E-state index contributed by atoms with van der Waals surface area (Å²) in [5.41, 5.74) is 2.98. The highest BCUT2D eigenvalue weighted by Crippen LogP contribution is 2.41. The fraction of sp³-hybridized carbons (Fsp3) is 0.647. The quantitative estimate of drug-likeness (QED) is 0.215. The van der Waals surface area contributed by atoms with Gasteiger partial charge in [-0.15, -0.1) is 0 Å².